The largest absolute Gasteiger partial charge is 0.399 e. The average Bonchev–Trinajstić information content (AvgIpc) is 3.07. The van der Waals surface area contributed by atoms with Gasteiger partial charge in [-0.2, -0.15) is 0 Å². The lowest BCUT2D eigenvalue weighted by Crippen LogP contribution is -2.12. The van der Waals surface area contributed by atoms with Crippen LogP contribution in [0.1, 0.15) is 20.8 Å². The number of carbonyl (C=O) groups is 1. The number of para-hydroxylation sites is 1. The number of hydrogen-bond donors (Lipinski definition) is 1. The van der Waals surface area contributed by atoms with Gasteiger partial charge < -0.3 is 10.2 Å². The molecule has 0 radical (unpaired) electrons. The predicted molar refractivity (Wildman–Crippen MR) is 103 cm³/mol. The molecule has 0 fully saturated rings. The molecule has 0 aliphatic carbocycles. The van der Waals surface area contributed by atoms with Gasteiger partial charge in [0.15, 0.2) is 0 Å². The first-order valence-electron chi connectivity index (χ1n) is 8.01. The third kappa shape index (κ3) is 4.03. The van der Waals surface area contributed by atoms with Crippen LogP contribution in [0.15, 0.2) is 53.0 Å². The van der Waals surface area contributed by atoms with E-state index in [0.717, 1.165) is 11.8 Å². The summed E-state index contributed by atoms with van der Waals surface area (Å²) >= 11 is 1.33. The van der Waals surface area contributed by atoms with Crippen LogP contribution in [0.25, 0.3) is 11.1 Å². The molecule has 3 aromatic rings. The van der Waals surface area contributed by atoms with Gasteiger partial charge in [-0.1, -0.05) is 23.4 Å². The molecule has 0 aliphatic heterocycles. The van der Waals surface area contributed by atoms with Crippen molar-refractivity contribution >= 4 is 29.1 Å². The first kappa shape index (κ1) is 18.7. The molecule has 27 heavy (non-hydrogen) atoms. The van der Waals surface area contributed by atoms with Gasteiger partial charge in [0.05, 0.1) is 16.7 Å². The zero-order valence-corrected chi connectivity index (χ0v) is 15.4. The van der Waals surface area contributed by atoms with Crippen molar-refractivity contribution in [1.29, 1.82) is 0 Å². The Balaban J connectivity index is 1.98. The molecule has 0 spiro atoms. The molecule has 7 heteroatoms. The van der Waals surface area contributed by atoms with Gasteiger partial charge in [0, 0.05) is 11.3 Å². The number of nitrogens with one attached hydrogen (secondary N) is 1. The Hall–Kier alpha value is -3.06. The molecule has 0 aliphatic rings. The molecule has 4 nitrogen and oxygen atoms in total. The second-order valence-corrected chi connectivity index (χ2v) is 6.62. The fourth-order valence-corrected chi connectivity index (χ4v) is 3.42. The van der Waals surface area contributed by atoms with E-state index in [1.807, 2.05) is 18.4 Å². The topological polar surface area (TPSA) is 50.7 Å². The third-order valence-electron chi connectivity index (χ3n) is 3.92. The minimum absolute atomic E-state index is 0.264. The van der Waals surface area contributed by atoms with Crippen molar-refractivity contribution in [1.82, 2.24) is 0 Å². The van der Waals surface area contributed by atoms with Crippen LogP contribution in [0.4, 0.5) is 14.5 Å². The summed E-state index contributed by atoms with van der Waals surface area (Å²) in [6.45, 7) is 1.85. The van der Waals surface area contributed by atoms with E-state index >= 15 is 0 Å². The smallest absolute Gasteiger partial charge is 0.266 e. The molecule has 1 N–H and O–H groups in total. The highest BCUT2D eigenvalue weighted by atomic mass is 32.1. The lowest BCUT2D eigenvalue weighted by atomic mass is 10.0. The number of carbonyl (C=O) groups excluding carboxylic acids is 1. The van der Waals surface area contributed by atoms with Crippen molar-refractivity contribution in [3.05, 3.63) is 75.5 Å². The Morgan fingerprint density at radius 2 is 1.89 bits per heavy atom. The number of halogens is 2. The van der Waals surface area contributed by atoms with Crippen molar-refractivity contribution in [2.75, 3.05) is 12.4 Å². The SMILES string of the molecule is CO/N=C/c1c(F)cc(-c2ccccc2NC(=O)c2sccc2C)cc1F. The summed E-state index contributed by atoms with van der Waals surface area (Å²) in [7, 11) is 1.29. The summed E-state index contributed by atoms with van der Waals surface area (Å²) in [6, 6.07) is 11.1. The number of thiophene rings is 1. The molecule has 2 aromatic carbocycles. The molecule has 0 saturated carbocycles. The van der Waals surface area contributed by atoms with Gasteiger partial charge >= 0.3 is 0 Å². The Morgan fingerprint density at radius 1 is 1.19 bits per heavy atom. The number of benzene rings is 2. The fourth-order valence-electron chi connectivity index (χ4n) is 2.60. The molecule has 0 saturated heterocycles. The maximum Gasteiger partial charge on any atom is 0.266 e. The monoisotopic (exact) mass is 386 g/mol. The van der Waals surface area contributed by atoms with Crippen LogP contribution in [-0.4, -0.2) is 19.2 Å². The standard InChI is InChI=1S/C20H16F2N2O2S/c1-12-7-8-27-19(12)20(25)24-18-6-4-3-5-14(18)13-9-16(21)15(11-23-26-2)17(22)10-13/h3-11H,1-2H3,(H,24,25)/b23-11+. The van der Waals surface area contributed by atoms with E-state index in [2.05, 4.69) is 15.3 Å². The normalized spacial score (nSPS) is 11.0. The Kier molecular flexibility index (Phi) is 5.61. The number of rotatable bonds is 5. The zero-order chi connectivity index (χ0) is 19.4. The molecule has 1 amide bonds. The number of amides is 1. The maximum absolute atomic E-state index is 14.3. The zero-order valence-electron chi connectivity index (χ0n) is 14.6. The van der Waals surface area contributed by atoms with Gasteiger partial charge in [-0.25, -0.2) is 8.78 Å². The summed E-state index contributed by atoms with van der Waals surface area (Å²) in [5, 5.41) is 8.05. The van der Waals surface area contributed by atoms with Crippen LogP contribution in [0.5, 0.6) is 0 Å². The van der Waals surface area contributed by atoms with Gasteiger partial charge in [0.25, 0.3) is 5.91 Å². The molecule has 0 bridgehead atoms. The van der Waals surface area contributed by atoms with Gasteiger partial charge in [-0.3, -0.25) is 4.79 Å². The number of oxime groups is 1. The van der Waals surface area contributed by atoms with Crippen molar-refractivity contribution in [2.24, 2.45) is 5.16 Å². The van der Waals surface area contributed by atoms with Gasteiger partial charge in [0.1, 0.15) is 18.7 Å². The highest BCUT2D eigenvalue weighted by Crippen LogP contribution is 2.31. The third-order valence-corrected chi connectivity index (χ3v) is 4.94. The summed E-state index contributed by atoms with van der Waals surface area (Å²) in [5.41, 5.74) is 1.85. The highest BCUT2D eigenvalue weighted by molar-refractivity contribution is 7.12. The van der Waals surface area contributed by atoms with Crippen LogP contribution in [0.3, 0.4) is 0 Å². The van der Waals surface area contributed by atoms with Crippen LogP contribution in [0.2, 0.25) is 0 Å². The van der Waals surface area contributed by atoms with E-state index in [-0.39, 0.29) is 11.5 Å². The molecule has 1 heterocycles. The average molecular weight is 386 g/mol. The number of hydrogen-bond acceptors (Lipinski definition) is 4. The van der Waals surface area contributed by atoms with Crippen LogP contribution in [0, 0.1) is 18.6 Å². The second kappa shape index (κ2) is 8.09. The summed E-state index contributed by atoms with van der Waals surface area (Å²) in [6.07, 6.45) is 0.974. The Morgan fingerprint density at radius 3 is 2.52 bits per heavy atom. The quantitative estimate of drug-likeness (QED) is 0.482. The molecular weight excluding hydrogens is 370 g/mol. The number of anilines is 1. The number of aryl methyl sites for hydroxylation is 1. The summed E-state index contributed by atoms with van der Waals surface area (Å²) < 4.78 is 28.6. The van der Waals surface area contributed by atoms with E-state index in [0.29, 0.717) is 21.7 Å². The Bertz CT molecular complexity index is 992. The molecule has 138 valence electrons. The molecule has 0 atom stereocenters. The molecule has 1 aromatic heterocycles. The van der Waals surface area contributed by atoms with Gasteiger partial charge in [-0.05, 0) is 47.7 Å². The first-order chi connectivity index (χ1) is 13.0. The highest BCUT2D eigenvalue weighted by Gasteiger charge is 2.16. The van der Waals surface area contributed by atoms with E-state index in [1.165, 1.54) is 30.6 Å². The predicted octanol–water partition coefficient (Wildman–Crippen LogP) is 5.23. The minimum Gasteiger partial charge on any atom is -0.399 e. The second-order valence-electron chi connectivity index (χ2n) is 5.70. The lowest BCUT2D eigenvalue weighted by Gasteiger charge is -2.12. The molecule has 0 unspecified atom stereocenters. The van der Waals surface area contributed by atoms with Crippen molar-refractivity contribution in [2.45, 2.75) is 6.92 Å². The summed E-state index contributed by atoms with van der Waals surface area (Å²) in [4.78, 5) is 17.6. The van der Waals surface area contributed by atoms with Crippen LogP contribution >= 0.6 is 11.3 Å². The van der Waals surface area contributed by atoms with Crippen molar-refractivity contribution in [3.63, 3.8) is 0 Å². The van der Waals surface area contributed by atoms with E-state index < -0.39 is 11.6 Å². The van der Waals surface area contributed by atoms with Crippen molar-refractivity contribution in [3.8, 4) is 11.1 Å². The van der Waals surface area contributed by atoms with E-state index in [1.54, 1.807) is 24.3 Å². The van der Waals surface area contributed by atoms with E-state index in [9.17, 15) is 13.6 Å². The summed E-state index contributed by atoms with van der Waals surface area (Å²) in [5.74, 6) is -1.82. The van der Waals surface area contributed by atoms with Crippen LogP contribution < -0.4 is 5.32 Å². The van der Waals surface area contributed by atoms with Gasteiger partial charge in [0.2, 0.25) is 0 Å². The fraction of sp³-hybridized carbons (Fsp3) is 0.100. The van der Waals surface area contributed by atoms with Crippen LogP contribution in [-0.2, 0) is 4.84 Å². The Labute approximate surface area is 159 Å². The molecule has 3 rings (SSSR count). The number of nitrogens with zero attached hydrogens (tertiary/aromatic N) is 1. The minimum atomic E-state index is -0.777. The maximum atomic E-state index is 14.3. The van der Waals surface area contributed by atoms with Crippen molar-refractivity contribution < 1.29 is 18.4 Å². The van der Waals surface area contributed by atoms with E-state index in [4.69, 9.17) is 0 Å². The first-order valence-corrected chi connectivity index (χ1v) is 8.89. The lowest BCUT2D eigenvalue weighted by molar-refractivity contribution is 0.103. The van der Waals surface area contributed by atoms with Gasteiger partial charge in [-0.15, -0.1) is 11.3 Å². The molecular formula is C20H16F2N2O2S.